The third-order valence-corrected chi connectivity index (χ3v) is 8.84. The predicted molar refractivity (Wildman–Crippen MR) is 159 cm³/mol. The number of ether oxygens (including phenoxy) is 2. The summed E-state index contributed by atoms with van der Waals surface area (Å²) in [6.45, 7) is 7.62. The van der Waals surface area contributed by atoms with E-state index in [1.165, 1.54) is 14.2 Å². The zero-order chi connectivity index (χ0) is 29.3. The molecule has 6 rings (SSSR count). The second-order valence-corrected chi connectivity index (χ2v) is 12.1. The first kappa shape index (κ1) is 26.8. The lowest BCUT2D eigenvalue weighted by molar-refractivity contribution is -0.128. The van der Waals surface area contributed by atoms with E-state index in [1.807, 2.05) is 81.1 Å². The summed E-state index contributed by atoms with van der Waals surface area (Å²) in [4.78, 5) is 46.0. The van der Waals surface area contributed by atoms with Gasteiger partial charge in [-0.2, -0.15) is 0 Å². The van der Waals surface area contributed by atoms with Crippen LogP contribution in [0.5, 0.6) is 11.5 Å². The van der Waals surface area contributed by atoms with Gasteiger partial charge < -0.3 is 19.7 Å². The molecule has 3 heterocycles. The number of rotatable bonds is 5. The minimum absolute atomic E-state index is 0.0989. The van der Waals surface area contributed by atoms with E-state index in [0.29, 0.717) is 22.7 Å². The number of ketones is 2. The van der Waals surface area contributed by atoms with Crippen molar-refractivity contribution in [2.45, 2.75) is 45.2 Å². The molecule has 1 fully saturated rings. The van der Waals surface area contributed by atoms with Crippen molar-refractivity contribution in [3.8, 4) is 11.5 Å². The van der Waals surface area contributed by atoms with Crippen LogP contribution in [0.2, 0.25) is 0 Å². The largest absolute Gasteiger partial charge is 0.493 e. The third kappa shape index (κ3) is 3.68. The second kappa shape index (κ2) is 9.33. The highest BCUT2D eigenvalue weighted by Gasteiger charge is 2.71. The molecule has 1 spiro atoms. The summed E-state index contributed by atoms with van der Waals surface area (Å²) < 4.78 is 10.9. The summed E-state index contributed by atoms with van der Waals surface area (Å²) in [5.41, 5.74) is 2.44. The van der Waals surface area contributed by atoms with Crippen molar-refractivity contribution in [3.05, 3.63) is 89.5 Å². The number of anilines is 2. The molecule has 1 amide bonds. The number of nitrogens with one attached hydrogen (secondary N) is 1. The van der Waals surface area contributed by atoms with Crippen LogP contribution in [0.15, 0.2) is 72.8 Å². The van der Waals surface area contributed by atoms with Crippen molar-refractivity contribution < 1.29 is 23.9 Å². The van der Waals surface area contributed by atoms with Gasteiger partial charge in [-0.3, -0.25) is 14.4 Å². The first-order valence-corrected chi connectivity index (χ1v) is 13.8. The Morgan fingerprint density at radius 3 is 2.32 bits per heavy atom. The van der Waals surface area contributed by atoms with Crippen molar-refractivity contribution in [2.24, 2.45) is 11.3 Å². The molecule has 0 unspecified atom stereocenters. The van der Waals surface area contributed by atoms with Crippen LogP contribution in [0.3, 0.4) is 0 Å². The smallest absolute Gasteiger partial charge is 0.238 e. The number of nitrogens with zero attached hydrogens (tertiary/aromatic N) is 1. The maximum atomic E-state index is 14.9. The Bertz CT molecular complexity index is 1630. The van der Waals surface area contributed by atoms with E-state index in [9.17, 15) is 14.4 Å². The van der Waals surface area contributed by atoms with Crippen LogP contribution in [0.1, 0.15) is 49.2 Å². The third-order valence-electron chi connectivity index (χ3n) is 8.84. The highest BCUT2D eigenvalue weighted by Crippen LogP contribution is 2.59. The first-order chi connectivity index (χ1) is 19.5. The van der Waals surface area contributed by atoms with Crippen LogP contribution < -0.4 is 19.7 Å². The van der Waals surface area contributed by atoms with Gasteiger partial charge in [0.15, 0.2) is 23.1 Å². The van der Waals surface area contributed by atoms with Crippen molar-refractivity contribution in [1.82, 2.24) is 0 Å². The number of hydrogen-bond acceptors (Lipinski definition) is 6. The molecule has 7 heteroatoms. The molecular weight excluding hydrogens is 516 g/mol. The highest BCUT2D eigenvalue weighted by atomic mass is 16.5. The molecule has 1 N–H and O–H groups in total. The number of carbonyl (C=O) groups excluding carboxylic acids is 3. The molecule has 0 radical (unpaired) electrons. The zero-order valence-corrected chi connectivity index (χ0v) is 24.1. The maximum Gasteiger partial charge on any atom is 0.238 e. The monoisotopic (exact) mass is 550 g/mol. The summed E-state index contributed by atoms with van der Waals surface area (Å²) in [5.74, 6) is -0.798. The molecule has 0 bridgehead atoms. The average Bonchev–Trinajstić information content (AvgIpc) is 3.43. The van der Waals surface area contributed by atoms with Gasteiger partial charge in [-0.1, -0.05) is 63.2 Å². The van der Waals surface area contributed by atoms with Crippen LogP contribution in [-0.2, 0) is 15.0 Å². The van der Waals surface area contributed by atoms with Gasteiger partial charge in [0.2, 0.25) is 5.91 Å². The number of fused-ring (bicyclic) bond motifs is 6. The lowest BCUT2D eigenvalue weighted by atomic mass is 9.63. The Balaban J connectivity index is 1.68. The van der Waals surface area contributed by atoms with Crippen molar-refractivity contribution in [2.75, 3.05) is 24.4 Å². The standard InChI is InChI=1S/C34H34N2O5/c1-19-17-27-34(22-12-8-9-13-23(22)35-32(34)39)28(30(37)20-15-16-25(40-5)26(18-20)41-6)29(31(38)33(2,3)4)36(27)24-14-10-7-11-21(19)24/h7-18,27-29H,1-6H3,(H,35,39)/t27-,28+,29-,34-/m1/s1. The number of benzene rings is 3. The van der Waals surface area contributed by atoms with Crippen molar-refractivity contribution in [1.29, 1.82) is 0 Å². The SMILES string of the molecule is COc1ccc(C(=O)[C@@H]2[C@H](C(=O)C(C)(C)C)N3c4ccccc4C(C)=C[C@@H]3[C@@]23C(=O)Nc2ccccc23)cc1OC. The van der Waals surface area contributed by atoms with Gasteiger partial charge >= 0.3 is 0 Å². The van der Waals surface area contributed by atoms with Gasteiger partial charge in [-0.15, -0.1) is 0 Å². The second-order valence-electron chi connectivity index (χ2n) is 12.1. The van der Waals surface area contributed by atoms with E-state index in [-0.39, 0.29) is 17.5 Å². The van der Waals surface area contributed by atoms with Crippen LogP contribution in [-0.4, -0.2) is 43.8 Å². The minimum Gasteiger partial charge on any atom is -0.493 e. The number of para-hydroxylation sites is 2. The molecular formula is C34H34N2O5. The Kier molecular flexibility index (Phi) is 6.10. The van der Waals surface area contributed by atoms with Crippen molar-refractivity contribution in [3.63, 3.8) is 0 Å². The van der Waals surface area contributed by atoms with Gasteiger partial charge in [0.05, 0.1) is 26.2 Å². The average molecular weight is 551 g/mol. The van der Waals surface area contributed by atoms with E-state index in [4.69, 9.17) is 9.47 Å². The number of carbonyl (C=O) groups is 3. The molecule has 210 valence electrons. The Morgan fingerprint density at radius 2 is 1.61 bits per heavy atom. The quantitative estimate of drug-likeness (QED) is 0.412. The van der Waals surface area contributed by atoms with Crippen LogP contribution in [0, 0.1) is 11.3 Å². The number of methoxy groups -OCH3 is 2. The molecule has 3 aliphatic heterocycles. The fourth-order valence-electron chi connectivity index (χ4n) is 7.00. The fraction of sp³-hybridized carbons (Fsp3) is 0.324. The molecule has 41 heavy (non-hydrogen) atoms. The minimum atomic E-state index is -1.35. The Labute approximate surface area is 240 Å². The van der Waals surface area contributed by atoms with E-state index in [0.717, 1.165) is 22.4 Å². The summed E-state index contributed by atoms with van der Waals surface area (Å²) in [6, 6.07) is 19.0. The summed E-state index contributed by atoms with van der Waals surface area (Å²) >= 11 is 0. The molecule has 3 aromatic carbocycles. The molecule has 3 aromatic rings. The number of allylic oxidation sites excluding steroid dienone is 1. The van der Waals surface area contributed by atoms with Gasteiger partial charge in [0.25, 0.3) is 0 Å². The molecule has 0 aliphatic carbocycles. The molecule has 0 saturated carbocycles. The number of hydrogen-bond donors (Lipinski definition) is 1. The van der Waals surface area contributed by atoms with Crippen LogP contribution >= 0.6 is 0 Å². The molecule has 1 saturated heterocycles. The van der Waals surface area contributed by atoms with E-state index >= 15 is 0 Å². The van der Waals surface area contributed by atoms with Gasteiger partial charge in [-0.25, -0.2) is 0 Å². The fourth-order valence-corrected chi connectivity index (χ4v) is 7.00. The van der Waals surface area contributed by atoms with Gasteiger partial charge in [0, 0.05) is 27.9 Å². The van der Waals surface area contributed by atoms with Crippen LogP contribution in [0.25, 0.3) is 5.57 Å². The first-order valence-electron chi connectivity index (χ1n) is 13.8. The van der Waals surface area contributed by atoms with Gasteiger partial charge in [-0.05, 0) is 48.4 Å². The van der Waals surface area contributed by atoms with E-state index < -0.39 is 28.8 Å². The molecule has 3 aliphatic rings. The highest BCUT2D eigenvalue weighted by molar-refractivity contribution is 6.17. The molecule has 7 nitrogen and oxygen atoms in total. The van der Waals surface area contributed by atoms with Crippen molar-refractivity contribution >= 4 is 34.4 Å². The Morgan fingerprint density at radius 1 is 0.927 bits per heavy atom. The maximum absolute atomic E-state index is 14.9. The van der Waals surface area contributed by atoms with Crippen LogP contribution in [0.4, 0.5) is 11.4 Å². The normalized spacial score (nSPS) is 24.2. The summed E-state index contributed by atoms with van der Waals surface area (Å²) in [7, 11) is 3.05. The molecule has 0 aromatic heterocycles. The van der Waals surface area contributed by atoms with E-state index in [1.54, 1.807) is 18.2 Å². The number of amides is 1. The number of Topliss-reactive ketones (excluding diaryl/α,β-unsaturated/α-hetero) is 2. The lowest BCUT2D eigenvalue weighted by Gasteiger charge is -2.39. The summed E-state index contributed by atoms with van der Waals surface area (Å²) in [5, 5.41) is 3.07. The van der Waals surface area contributed by atoms with Gasteiger partial charge in [0.1, 0.15) is 11.5 Å². The summed E-state index contributed by atoms with van der Waals surface area (Å²) in [6.07, 6.45) is 2.06. The Hall–Kier alpha value is -4.39. The lowest BCUT2D eigenvalue weighted by Crippen LogP contribution is -2.51. The zero-order valence-electron chi connectivity index (χ0n) is 24.1. The predicted octanol–water partition coefficient (Wildman–Crippen LogP) is 5.68. The molecule has 4 atom stereocenters. The van der Waals surface area contributed by atoms with E-state index in [2.05, 4.69) is 11.4 Å². The topological polar surface area (TPSA) is 84.9 Å².